The summed E-state index contributed by atoms with van der Waals surface area (Å²) in [6.45, 7) is 3.86. The van der Waals surface area contributed by atoms with Crippen molar-refractivity contribution in [1.29, 1.82) is 0 Å². The summed E-state index contributed by atoms with van der Waals surface area (Å²) in [6.07, 6.45) is 0. The molecule has 2 aromatic carbocycles. The van der Waals surface area contributed by atoms with E-state index in [-0.39, 0.29) is 21.8 Å². The van der Waals surface area contributed by atoms with E-state index >= 15 is 0 Å². The minimum atomic E-state index is -3.92. The average molecular weight is 548 g/mol. The van der Waals surface area contributed by atoms with E-state index in [0.717, 1.165) is 17.0 Å². The maximum Gasteiger partial charge on any atom is 0.263 e. The first-order valence-corrected chi connectivity index (χ1v) is 13.3. The van der Waals surface area contributed by atoms with Crippen LogP contribution in [0.3, 0.4) is 0 Å². The molecule has 0 atom stereocenters. The monoisotopic (exact) mass is 547 g/mol. The van der Waals surface area contributed by atoms with Crippen LogP contribution in [0.15, 0.2) is 71.6 Å². The lowest BCUT2D eigenvalue weighted by Gasteiger charge is -2.12. The number of hydrogen-bond acceptors (Lipinski definition) is 7. The zero-order valence-corrected chi connectivity index (χ0v) is 22.2. The van der Waals surface area contributed by atoms with Crippen molar-refractivity contribution in [2.24, 2.45) is 7.05 Å². The fourth-order valence-corrected chi connectivity index (χ4v) is 5.22. The topological polar surface area (TPSA) is 132 Å². The van der Waals surface area contributed by atoms with Crippen molar-refractivity contribution in [1.82, 2.24) is 25.0 Å². The Kier molecular flexibility index (Phi) is 6.55. The fourth-order valence-electron chi connectivity index (χ4n) is 4.12. The summed E-state index contributed by atoms with van der Waals surface area (Å²) in [5.41, 5.74) is 4.82. The van der Waals surface area contributed by atoms with Gasteiger partial charge in [-0.05, 0) is 62.4 Å². The van der Waals surface area contributed by atoms with Crippen LogP contribution in [0.1, 0.15) is 21.7 Å². The normalized spacial score (nSPS) is 11.5. The minimum absolute atomic E-state index is 0.00794. The number of amides is 1. The molecule has 0 radical (unpaired) electrons. The van der Waals surface area contributed by atoms with Crippen LogP contribution in [0.5, 0.6) is 0 Å². The van der Waals surface area contributed by atoms with Gasteiger partial charge in [-0.15, -0.1) is 10.2 Å². The predicted molar refractivity (Wildman–Crippen MR) is 146 cm³/mol. The molecule has 12 heteroatoms. The number of sulfonamides is 1. The van der Waals surface area contributed by atoms with Crippen LogP contribution >= 0.6 is 11.6 Å². The fraction of sp³-hybridized carbons (Fsp3) is 0.115. The summed E-state index contributed by atoms with van der Waals surface area (Å²) >= 11 is 5.70. The molecule has 38 heavy (non-hydrogen) atoms. The van der Waals surface area contributed by atoms with Crippen molar-refractivity contribution >= 4 is 49.9 Å². The summed E-state index contributed by atoms with van der Waals surface area (Å²) in [6, 6.07) is 17.8. The maximum absolute atomic E-state index is 13.4. The smallest absolute Gasteiger partial charge is 0.263 e. The van der Waals surface area contributed by atoms with E-state index in [0.29, 0.717) is 27.8 Å². The second-order valence-electron chi connectivity index (χ2n) is 8.57. The first-order chi connectivity index (χ1) is 18.1. The molecule has 0 aliphatic rings. The van der Waals surface area contributed by atoms with E-state index in [4.69, 9.17) is 16.6 Å². The van der Waals surface area contributed by atoms with Gasteiger partial charge in [0.25, 0.3) is 15.9 Å². The Morgan fingerprint density at radius 3 is 2.37 bits per heavy atom. The number of carbonyl (C=O) groups is 1. The van der Waals surface area contributed by atoms with Crippen LogP contribution < -0.4 is 10.0 Å². The zero-order chi connectivity index (χ0) is 27.0. The molecule has 0 saturated carbocycles. The third-order valence-corrected chi connectivity index (χ3v) is 7.59. The lowest BCUT2D eigenvalue weighted by atomic mass is 10.0. The first-order valence-electron chi connectivity index (χ1n) is 11.5. The van der Waals surface area contributed by atoms with Crippen LogP contribution in [-0.4, -0.2) is 39.3 Å². The molecule has 5 aromatic rings. The number of benzene rings is 2. The van der Waals surface area contributed by atoms with E-state index < -0.39 is 10.0 Å². The molecule has 0 spiro atoms. The number of aromatic nitrogens is 5. The van der Waals surface area contributed by atoms with Gasteiger partial charge < -0.3 is 5.32 Å². The summed E-state index contributed by atoms with van der Waals surface area (Å²) < 4.78 is 29.5. The number of pyridine rings is 1. The van der Waals surface area contributed by atoms with E-state index in [2.05, 4.69) is 25.3 Å². The van der Waals surface area contributed by atoms with Gasteiger partial charge in [0, 0.05) is 29.4 Å². The van der Waals surface area contributed by atoms with E-state index in [9.17, 15) is 13.2 Å². The Morgan fingerprint density at radius 1 is 0.974 bits per heavy atom. The summed E-state index contributed by atoms with van der Waals surface area (Å²) in [5, 5.41) is 15.5. The number of nitrogens with zero attached hydrogens (tertiary/aromatic N) is 5. The summed E-state index contributed by atoms with van der Waals surface area (Å²) in [4.78, 5) is 18.2. The molecule has 1 amide bonds. The van der Waals surface area contributed by atoms with Gasteiger partial charge in [-0.1, -0.05) is 29.8 Å². The van der Waals surface area contributed by atoms with Crippen molar-refractivity contribution in [2.75, 3.05) is 10.0 Å². The quantitative estimate of drug-likeness (QED) is 0.313. The zero-order valence-electron chi connectivity index (χ0n) is 20.6. The Labute approximate surface area is 223 Å². The number of nitrogens with one attached hydrogen (secondary N) is 2. The maximum atomic E-state index is 13.4. The number of anilines is 2. The average Bonchev–Trinajstić information content (AvgIpc) is 3.15. The van der Waals surface area contributed by atoms with Gasteiger partial charge in [-0.2, -0.15) is 5.10 Å². The van der Waals surface area contributed by atoms with Gasteiger partial charge in [-0.25, -0.2) is 13.4 Å². The van der Waals surface area contributed by atoms with E-state index in [1.165, 1.54) is 36.4 Å². The van der Waals surface area contributed by atoms with Crippen molar-refractivity contribution in [2.45, 2.75) is 18.7 Å². The summed E-state index contributed by atoms with van der Waals surface area (Å²) in [7, 11) is -2.06. The number of halogens is 1. The number of hydrogen-bond donors (Lipinski definition) is 2. The lowest BCUT2D eigenvalue weighted by Crippen LogP contribution is -2.15. The first kappa shape index (κ1) is 25.3. The highest BCUT2D eigenvalue weighted by atomic mass is 35.5. The third kappa shape index (κ3) is 4.93. The van der Waals surface area contributed by atoms with Crippen LogP contribution in [0.2, 0.25) is 5.15 Å². The molecule has 0 fully saturated rings. The number of carbonyl (C=O) groups excluding carboxylic acids is 1. The molecule has 3 aromatic heterocycles. The van der Waals surface area contributed by atoms with Crippen LogP contribution in [0.25, 0.3) is 22.2 Å². The Balaban J connectivity index is 1.43. The van der Waals surface area contributed by atoms with Gasteiger partial charge in [0.05, 0.1) is 27.4 Å². The highest BCUT2D eigenvalue weighted by Crippen LogP contribution is 2.30. The molecule has 3 heterocycles. The van der Waals surface area contributed by atoms with Gasteiger partial charge in [-0.3, -0.25) is 14.2 Å². The molecular weight excluding hydrogens is 526 g/mol. The van der Waals surface area contributed by atoms with Gasteiger partial charge in [0.1, 0.15) is 0 Å². The van der Waals surface area contributed by atoms with Gasteiger partial charge in [0.15, 0.2) is 11.0 Å². The highest BCUT2D eigenvalue weighted by Gasteiger charge is 2.19. The SMILES string of the molecule is Cc1nn(C)c(C)c1-c1cc(C(=O)Nc2ccc(S(=O)(=O)Nc3ccc(Cl)nn3)cc2)c2ccccc2n1. The van der Waals surface area contributed by atoms with Gasteiger partial charge in [0.2, 0.25) is 0 Å². The van der Waals surface area contributed by atoms with Crippen molar-refractivity contribution in [3.8, 4) is 11.3 Å². The molecule has 0 unspecified atom stereocenters. The molecule has 0 aliphatic carbocycles. The van der Waals surface area contributed by atoms with Crippen LogP contribution in [0, 0.1) is 13.8 Å². The molecule has 192 valence electrons. The Hall–Kier alpha value is -4.35. The molecule has 2 N–H and O–H groups in total. The van der Waals surface area contributed by atoms with Crippen molar-refractivity contribution in [3.05, 3.63) is 88.8 Å². The largest absolute Gasteiger partial charge is 0.322 e. The van der Waals surface area contributed by atoms with Crippen molar-refractivity contribution in [3.63, 3.8) is 0 Å². The van der Waals surface area contributed by atoms with E-state index in [1.54, 1.807) is 10.7 Å². The lowest BCUT2D eigenvalue weighted by molar-refractivity contribution is 0.102. The second kappa shape index (κ2) is 9.84. The number of para-hydroxylation sites is 1. The van der Waals surface area contributed by atoms with Crippen LogP contribution in [0.4, 0.5) is 11.5 Å². The van der Waals surface area contributed by atoms with Crippen molar-refractivity contribution < 1.29 is 13.2 Å². The second-order valence-corrected chi connectivity index (χ2v) is 10.6. The molecule has 0 aliphatic heterocycles. The van der Waals surface area contributed by atoms with Gasteiger partial charge >= 0.3 is 0 Å². The molecule has 5 rings (SSSR count). The minimum Gasteiger partial charge on any atom is -0.322 e. The Morgan fingerprint density at radius 2 is 1.71 bits per heavy atom. The molecule has 0 bridgehead atoms. The predicted octanol–water partition coefficient (Wildman–Crippen LogP) is 4.75. The molecular formula is C26H22ClN7O3S. The highest BCUT2D eigenvalue weighted by molar-refractivity contribution is 7.92. The number of fused-ring (bicyclic) bond motifs is 1. The van der Waals surface area contributed by atoms with Crippen LogP contribution in [-0.2, 0) is 17.1 Å². The summed E-state index contributed by atoms with van der Waals surface area (Å²) in [5.74, 6) is -0.319. The number of aryl methyl sites for hydroxylation is 2. The third-order valence-electron chi connectivity index (χ3n) is 6.02. The molecule has 10 nitrogen and oxygen atoms in total. The standard InChI is InChI=1S/C26H22ClN7O3S/c1-15-25(16(2)34(3)32-15)22-14-20(19-6-4-5-7-21(19)29-22)26(35)28-17-8-10-18(11-9-17)38(36,37)33-24-13-12-23(27)30-31-24/h4-14H,1-3H3,(H,28,35)(H,31,33). The number of rotatable bonds is 6. The van der Waals surface area contributed by atoms with E-state index in [1.807, 2.05) is 45.2 Å². The Bertz CT molecular complexity index is 1780. The molecule has 0 saturated heterocycles.